The Hall–Kier alpha value is -2.68. The highest BCUT2D eigenvalue weighted by atomic mass is 32.2. The fourth-order valence-electron chi connectivity index (χ4n) is 2.06. The second-order valence-corrected chi connectivity index (χ2v) is 6.46. The van der Waals surface area contributed by atoms with E-state index < -0.39 is 27.9 Å². The van der Waals surface area contributed by atoms with E-state index >= 15 is 0 Å². The number of nitrogens with zero attached hydrogens (tertiary/aromatic N) is 1. The molecule has 0 bridgehead atoms. The summed E-state index contributed by atoms with van der Waals surface area (Å²) in [5.74, 6) is -2.20. The molecule has 0 spiro atoms. The number of hydrogen-bond donors (Lipinski definition) is 0. The number of benzene rings is 1. The molecule has 0 saturated heterocycles. The van der Waals surface area contributed by atoms with Gasteiger partial charge in [-0.15, -0.1) is 0 Å². The first-order valence-electron chi connectivity index (χ1n) is 7.05. The first kappa shape index (κ1) is 17.7. The Morgan fingerprint density at radius 1 is 1.12 bits per heavy atom. The van der Waals surface area contributed by atoms with Gasteiger partial charge in [0.05, 0.1) is 18.7 Å². The highest BCUT2D eigenvalue weighted by Gasteiger charge is 2.40. The lowest BCUT2D eigenvalue weighted by Crippen LogP contribution is -2.33. The third-order valence-corrected chi connectivity index (χ3v) is 4.93. The van der Waals surface area contributed by atoms with Crippen LogP contribution in [0.5, 0.6) is 0 Å². The minimum Gasteiger partial charge on any atom is -0.463 e. The number of sulfonamides is 1. The molecule has 24 heavy (non-hydrogen) atoms. The smallest absolute Gasteiger partial charge is 0.331 e. The first-order valence-corrected chi connectivity index (χ1v) is 8.49. The molecule has 1 aromatic rings. The highest BCUT2D eigenvalue weighted by molar-refractivity contribution is 7.90. The molecule has 1 amide bonds. The van der Waals surface area contributed by atoms with Crippen LogP contribution in [0, 0.1) is 0 Å². The van der Waals surface area contributed by atoms with Crippen LogP contribution in [0.15, 0.2) is 41.3 Å². The van der Waals surface area contributed by atoms with Crippen molar-refractivity contribution in [3.8, 4) is 0 Å². The van der Waals surface area contributed by atoms with Gasteiger partial charge >= 0.3 is 11.9 Å². The molecule has 0 aromatic heterocycles. The van der Waals surface area contributed by atoms with Gasteiger partial charge in [-0.1, -0.05) is 12.1 Å². The summed E-state index contributed by atoms with van der Waals surface area (Å²) in [5, 5.41) is 0. The summed E-state index contributed by atoms with van der Waals surface area (Å²) in [5.41, 5.74) is 0.0889. The molecule has 1 aliphatic heterocycles. The fraction of sp³-hybridized carbons (Fsp3) is 0.267. The minimum atomic E-state index is -3.93. The Kier molecular flexibility index (Phi) is 5.35. The third kappa shape index (κ3) is 3.62. The van der Waals surface area contributed by atoms with Crippen LogP contribution >= 0.6 is 0 Å². The van der Waals surface area contributed by atoms with Crippen LogP contribution < -0.4 is 0 Å². The Morgan fingerprint density at radius 3 is 2.38 bits per heavy atom. The number of hydrogen-bond acceptors (Lipinski definition) is 7. The number of amides is 1. The van der Waals surface area contributed by atoms with Crippen molar-refractivity contribution in [2.24, 2.45) is 0 Å². The number of ether oxygens (including phenoxy) is 2. The van der Waals surface area contributed by atoms with Crippen LogP contribution in [0.1, 0.15) is 17.3 Å². The summed E-state index contributed by atoms with van der Waals surface area (Å²) in [4.78, 5) is 34.5. The van der Waals surface area contributed by atoms with Crippen molar-refractivity contribution in [2.75, 3.05) is 19.8 Å². The van der Waals surface area contributed by atoms with E-state index in [0.717, 1.165) is 12.2 Å². The number of esters is 2. The van der Waals surface area contributed by atoms with Gasteiger partial charge in [-0.3, -0.25) is 4.79 Å². The molecule has 9 heteroatoms. The third-order valence-electron chi connectivity index (χ3n) is 3.09. The van der Waals surface area contributed by atoms with Crippen molar-refractivity contribution in [3.05, 3.63) is 42.0 Å². The molecule has 2 rings (SSSR count). The van der Waals surface area contributed by atoms with Gasteiger partial charge in [0.1, 0.15) is 11.5 Å². The average molecular weight is 353 g/mol. The van der Waals surface area contributed by atoms with Gasteiger partial charge in [-0.25, -0.2) is 22.3 Å². The molecule has 1 aliphatic rings. The minimum absolute atomic E-state index is 0.0662. The molecule has 8 nitrogen and oxygen atoms in total. The molecule has 0 saturated carbocycles. The van der Waals surface area contributed by atoms with Crippen LogP contribution in [0.4, 0.5) is 0 Å². The molecule has 1 aromatic carbocycles. The molecule has 0 radical (unpaired) electrons. The first-order chi connectivity index (χ1) is 11.4. The molecule has 0 unspecified atom stereocenters. The molecule has 0 N–H and O–H groups in total. The predicted molar refractivity (Wildman–Crippen MR) is 81.4 cm³/mol. The topological polar surface area (TPSA) is 107 Å². The van der Waals surface area contributed by atoms with Crippen LogP contribution in [0.25, 0.3) is 0 Å². The lowest BCUT2D eigenvalue weighted by atomic mass is 10.2. The van der Waals surface area contributed by atoms with Crippen molar-refractivity contribution >= 4 is 27.9 Å². The van der Waals surface area contributed by atoms with E-state index in [1.54, 1.807) is 13.0 Å². The van der Waals surface area contributed by atoms with Crippen LogP contribution in [-0.4, -0.2) is 50.3 Å². The number of fused-ring (bicyclic) bond motifs is 1. The zero-order chi connectivity index (χ0) is 17.7. The quantitative estimate of drug-likeness (QED) is 0.541. The van der Waals surface area contributed by atoms with E-state index in [9.17, 15) is 22.8 Å². The standard InChI is InChI=1S/C15H15NO7S/c1-2-22-13(17)7-8-14(18)23-10-9-16-15(19)11-5-3-4-6-12(11)24(16,20)21/h3-8H,2,9-10H2,1H3/b8-7+. The van der Waals surface area contributed by atoms with Crippen molar-refractivity contribution in [1.29, 1.82) is 0 Å². The number of carbonyl (C=O) groups excluding carboxylic acids is 3. The maximum absolute atomic E-state index is 12.2. The Morgan fingerprint density at radius 2 is 1.75 bits per heavy atom. The van der Waals surface area contributed by atoms with Gasteiger partial charge in [0, 0.05) is 12.2 Å². The van der Waals surface area contributed by atoms with Crippen molar-refractivity contribution in [1.82, 2.24) is 4.31 Å². The maximum Gasteiger partial charge on any atom is 0.331 e. The summed E-state index contributed by atoms with van der Waals surface area (Å²) >= 11 is 0. The summed E-state index contributed by atoms with van der Waals surface area (Å²) in [6.07, 6.45) is 1.77. The molecule has 1 heterocycles. The summed E-state index contributed by atoms with van der Waals surface area (Å²) in [7, 11) is -3.93. The van der Waals surface area contributed by atoms with Crippen LogP contribution in [0.3, 0.4) is 0 Å². The molecule has 0 aliphatic carbocycles. The van der Waals surface area contributed by atoms with E-state index in [2.05, 4.69) is 4.74 Å². The van der Waals surface area contributed by atoms with Gasteiger partial charge in [-0.2, -0.15) is 0 Å². The second kappa shape index (κ2) is 7.26. The van der Waals surface area contributed by atoms with Crippen molar-refractivity contribution in [3.63, 3.8) is 0 Å². The molecular weight excluding hydrogens is 338 g/mol. The molecule has 0 atom stereocenters. The summed E-state index contributed by atoms with van der Waals surface area (Å²) < 4.78 is 34.5. The Labute approximate surface area is 138 Å². The molecule has 128 valence electrons. The largest absolute Gasteiger partial charge is 0.463 e. The molecular formula is C15H15NO7S. The van der Waals surface area contributed by atoms with Gasteiger partial charge in [0.15, 0.2) is 0 Å². The Balaban J connectivity index is 1.93. The SMILES string of the molecule is CCOC(=O)/C=C/C(=O)OCCN1C(=O)c2ccccc2S1(=O)=O. The summed E-state index contributed by atoms with van der Waals surface area (Å²) in [6, 6.07) is 5.85. The zero-order valence-corrected chi connectivity index (χ0v) is 13.6. The predicted octanol–water partition coefficient (Wildman–Crippen LogP) is 0.494. The summed E-state index contributed by atoms with van der Waals surface area (Å²) in [6.45, 7) is 1.16. The second-order valence-electron chi connectivity index (χ2n) is 4.63. The van der Waals surface area contributed by atoms with E-state index in [1.807, 2.05) is 0 Å². The van der Waals surface area contributed by atoms with Crippen molar-refractivity contribution in [2.45, 2.75) is 11.8 Å². The van der Waals surface area contributed by atoms with E-state index in [-0.39, 0.29) is 30.2 Å². The number of carbonyl (C=O) groups is 3. The van der Waals surface area contributed by atoms with Crippen LogP contribution in [0.2, 0.25) is 0 Å². The average Bonchev–Trinajstić information content (AvgIpc) is 2.74. The Bertz CT molecular complexity index is 798. The van der Waals surface area contributed by atoms with E-state index in [1.165, 1.54) is 18.2 Å². The van der Waals surface area contributed by atoms with E-state index in [0.29, 0.717) is 4.31 Å². The monoisotopic (exact) mass is 353 g/mol. The van der Waals surface area contributed by atoms with Gasteiger partial charge in [0.2, 0.25) is 0 Å². The van der Waals surface area contributed by atoms with Gasteiger partial charge in [-0.05, 0) is 19.1 Å². The number of rotatable bonds is 6. The zero-order valence-electron chi connectivity index (χ0n) is 12.8. The maximum atomic E-state index is 12.2. The normalized spacial score (nSPS) is 15.4. The van der Waals surface area contributed by atoms with Gasteiger partial charge < -0.3 is 9.47 Å². The van der Waals surface area contributed by atoms with E-state index in [4.69, 9.17) is 4.74 Å². The lowest BCUT2D eigenvalue weighted by Gasteiger charge is -2.14. The molecule has 0 fully saturated rings. The van der Waals surface area contributed by atoms with Crippen molar-refractivity contribution < 1.29 is 32.3 Å². The van der Waals surface area contributed by atoms with Crippen LogP contribution in [-0.2, 0) is 29.1 Å². The van der Waals surface area contributed by atoms with Gasteiger partial charge in [0.25, 0.3) is 15.9 Å². The lowest BCUT2D eigenvalue weighted by molar-refractivity contribution is -0.140. The highest BCUT2D eigenvalue weighted by Crippen LogP contribution is 2.29. The fourth-order valence-corrected chi connectivity index (χ4v) is 3.61.